The molecule has 2 atom stereocenters. The van der Waals surface area contributed by atoms with Gasteiger partial charge in [-0.1, -0.05) is 12.5 Å². The number of rotatable bonds is 4. The third-order valence-corrected chi connectivity index (χ3v) is 5.21. The highest BCUT2D eigenvalue weighted by atomic mass is 35.5. The molecular weight excluding hydrogens is 373 g/mol. The van der Waals surface area contributed by atoms with Gasteiger partial charge in [0.15, 0.2) is 0 Å². The van der Waals surface area contributed by atoms with Gasteiger partial charge in [-0.25, -0.2) is 0 Å². The Morgan fingerprint density at radius 3 is 2.69 bits per heavy atom. The van der Waals surface area contributed by atoms with Crippen molar-refractivity contribution in [1.82, 2.24) is 4.90 Å². The Bertz CT molecular complexity index is 698. The highest BCUT2D eigenvalue weighted by molar-refractivity contribution is 5.92. The number of fused-ring (bicyclic) bond motifs is 1. The van der Waals surface area contributed by atoms with Crippen molar-refractivity contribution in [3.63, 3.8) is 0 Å². The smallest absolute Gasteiger partial charge is 0.416 e. The molecule has 0 radical (unpaired) electrons. The lowest BCUT2D eigenvalue weighted by Crippen LogP contribution is -2.37. The fourth-order valence-electron chi connectivity index (χ4n) is 4.04. The van der Waals surface area contributed by atoms with E-state index in [4.69, 9.17) is 0 Å². The van der Waals surface area contributed by atoms with E-state index in [2.05, 4.69) is 5.32 Å². The second kappa shape index (κ2) is 7.44. The molecule has 1 aliphatic carbocycles. The van der Waals surface area contributed by atoms with Crippen LogP contribution in [-0.2, 0) is 15.8 Å². The number of aliphatic carboxylic acids is 1. The molecule has 5 nitrogen and oxygen atoms in total. The van der Waals surface area contributed by atoms with E-state index in [9.17, 15) is 27.9 Å². The number of halogens is 4. The maximum atomic E-state index is 12.7. The molecule has 1 amide bonds. The zero-order chi connectivity index (χ0) is 18.2. The quantitative estimate of drug-likeness (QED) is 0.825. The second-order valence-electron chi connectivity index (χ2n) is 6.85. The molecule has 26 heavy (non-hydrogen) atoms. The Kier molecular flexibility index (Phi) is 5.87. The molecule has 0 spiro atoms. The number of carbonyl (C=O) groups excluding carboxylic acids is 1. The molecule has 2 aliphatic rings. The molecule has 144 valence electrons. The van der Waals surface area contributed by atoms with Gasteiger partial charge in [-0.2, -0.15) is 13.2 Å². The summed E-state index contributed by atoms with van der Waals surface area (Å²) < 4.78 is 38.1. The van der Waals surface area contributed by atoms with Gasteiger partial charge in [0.25, 0.3) is 0 Å². The minimum atomic E-state index is -4.47. The molecule has 1 aromatic rings. The highest BCUT2D eigenvalue weighted by Gasteiger charge is 2.54. The van der Waals surface area contributed by atoms with Gasteiger partial charge >= 0.3 is 12.1 Å². The molecule has 0 bridgehead atoms. The predicted octanol–water partition coefficient (Wildman–Crippen LogP) is 3.25. The van der Waals surface area contributed by atoms with Crippen molar-refractivity contribution < 1.29 is 27.9 Å². The van der Waals surface area contributed by atoms with Crippen LogP contribution in [0.5, 0.6) is 0 Å². The van der Waals surface area contributed by atoms with Crippen LogP contribution in [0, 0.1) is 11.3 Å². The summed E-state index contributed by atoms with van der Waals surface area (Å²) in [6.45, 7) is 0.813. The van der Waals surface area contributed by atoms with E-state index in [0.717, 1.165) is 25.0 Å². The molecule has 3 rings (SSSR count). The monoisotopic (exact) mass is 392 g/mol. The number of hydrogen-bond donors (Lipinski definition) is 2. The SMILES string of the molecule is Cl.O=C(CN1C[C@@H]2CCC[C@@]2(C(=O)O)C1)Nc1cccc(C(F)(F)F)c1. The Morgan fingerprint density at radius 1 is 1.35 bits per heavy atom. The lowest BCUT2D eigenvalue weighted by atomic mass is 9.81. The van der Waals surface area contributed by atoms with Gasteiger partial charge in [-0.05, 0) is 37.0 Å². The molecule has 0 aromatic heterocycles. The largest absolute Gasteiger partial charge is 0.481 e. The van der Waals surface area contributed by atoms with Gasteiger partial charge in [0.2, 0.25) is 5.91 Å². The first kappa shape index (κ1) is 20.5. The van der Waals surface area contributed by atoms with E-state index >= 15 is 0 Å². The van der Waals surface area contributed by atoms with E-state index in [1.165, 1.54) is 12.1 Å². The molecular formula is C17H20ClF3N2O3. The average Bonchev–Trinajstić information content (AvgIpc) is 3.04. The lowest BCUT2D eigenvalue weighted by molar-refractivity contribution is -0.149. The van der Waals surface area contributed by atoms with Crippen LogP contribution in [0.25, 0.3) is 0 Å². The fraction of sp³-hybridized carbons (Fsp3) is 0.529. The molecule has 2 N–H and O–H groups in total. The second-order valence-corrected chi connectivity index (χ2v) is 6.85. The van der Waals surface area contributed by atoms with Crippen molar-refractivity contribution in [3.8, 4) is 0 Å². The van der Waals surface area contributed by atoms with Crippen LogP contribution in [-0.4, -0.2) is 41.5 Å². The molecule has 2 fully saturated rings. The van der Waals surface area contributed by atoms with Crippen LogP contribution >= 0.6 is 12.4 Å². The van der Waals surface area contributed by atoms with Gasteiger partial charge in [0.05, 0.1) is 17.5 Å². The normalized spacial score (nSPS) is 25.4. The number of nitrogens with zero attached hydrogens (tertiary/aromatic N) is 1. The maximum absolute atomic E-state index is 12.7. The summed E-state index contributed by atoms with van der Waals surface area (Å²) in [4.78, 5) is 25.5. The zero-order valence-corrected chi connectivity index (χ0v) is 14.7. The van der Waals surface area contributed by atoms with Crippen LogP contribution < -0.4 is 5.32 Å². The number of carboxylic acids is 1. The summed E-state index contributed by atoms with van der Waals surface area (Å²) in [7, 11) is 0. The number of carbonyl (C=O) groups is 2. The Hall–Kier alpha value is -1.80. The Labute approximate surface area is 155 Å². The van der Waals surface area contributed by atoms with Crippen molar-refractivity contribution >= 4 is 30.0 Å². The van der Waals surface area contributed by atoms with Crippen LogP contribution in [0.4, 0.5) is 18.9 Å². The molecule has 1 aliphatic heterocycles. The first-order valence-electron chi connectivity index (χ1n) is 8.13. The number of benzene rings is 1. The van der Waals surface area contributed by atoms with Crippen molar-refractivity contribution in [2.45, 2.75) is 25.4 Å². The summed E-state index contributed by atoms with van der Waals surface area (Å²) in [5.74, 6) is -1.23. The topological polar surface area (TPSA) is 69.6 Å². The minimum Gasteiger partial charge on any atom is -0.481 e. The minimum absolute atomic E-state index is 0. The lowest BCUT2D eigenvalue weighted by Gasteiger charge is -2.23. The molecule has 1 saturated heterocycles. The van der Waals surface area contributed by atoms with E-state index in [0.29, 0.717) is 19.5 Å². The van der Waals surface area contributed by atoms with Crippen LogP contribution in [0.3, 0.4) is 0 Å². The number of hydrogen-bond acceptors (Lipinski definition) is 3. The van der Waals surface area contributed by atoms with Crippen molar-refractivity contribution in [3.05, 3.63) is 29.8 Å². The van der Waals surface area contributed by atoms with Gasteiger partial charge in [-0.15, -0.1) is 12.4 Å². The number of carboxylic acid groups (broad SMARTS) is 1. The van der Waals surface area contributed by atoms with Crippen molar-refractivity contribution in [2.24, 2.45) is 11.3 Å². The zero-order valence-electron chi connectivity index (χ0n) is 13.9. The average molecular weight is 393 g/mol. The first-order chi connectivity index (χ1) is 11.7. The van der Waals surface area contributed by atoms with Crippen LogP contribution in [0.15, 0.2) is 24.3 Å². The number of anilines is 1. The molecule has 1 aromatic carbocycles. The third-order valence-electron chi connectivity index (χ3n) is 5.21. The number of nitrogens with one attached hydrogen (secondary N) is 1. The Balaban J connectivity index is 0.00000243. The van der Waals surface area contributed by atoms with Gasteiger partial charge in [-0.3, -0.25) is 14.5 Å². The third kappa shape index (κ3) is 3.96. The van der Waals surface area contributed by atoms with Gasteiger partial charge in [0, 0.05) is 18.8 Å². The summed E-state index contributed by atoms with van der Waals surface area (Å²) in [5.41, 5.74) is -1.53. The molecule has 1 heterocycles. The van der Waals surface area contributed by atoms with E-state index < -0.39 is 29.0 Å². The van der Waals surface area contributed by atoms with Crippen LogP contribution in [0.2, 0.25) is 0 Å². The number of alkyl halides is 3. The summed E-state index contributed by atoms with van der Waals surface area (Å²) in [5, 5.41) is 12.0. The summed E-state index contributed by atoms with van der Waals surface area (Å²) >= 11 is 0. The number of likely N-dealkylation sites (tertiary alicyclic amines) is 1. The standard InChI is InChI=1S/C17H19F3N2O3.ClH/c18-17(19,20)11-3-1-5-13(7-11)21-14(23)9-22-8-12-4-2-6-16(12,10-22)15(24)25;/h1,3,5,7,12H,2,4,6,8-10H2,(H,21,23)(H,24,25);1H/t12-,16+;/m0./s1. The number of amides is 1. The van der Waals surface area contributed by atoms with Crippen molar-refractivity contribution in [2.75, 3.05) is 25.0 Å². The molecule has 9 heteroatoms. The first-order valence-corrected chi connectivity index (χ1v) is 8.13. The van der Waals surface area contributed by atoms with E-state index in [-0.39, 0.29) is 30.6 Å². The summed E-state index contributed by atoms with van der Waals surface area (Å²) in [6.07, 6.45) is -2.15. The van der Waals surface area contributed by atoms with Gasteiger partial charge < -0.3 is 10.4 Å². The summed E-state index contributed by atoms with van der Waals surface area (Å²) in [6, 6.07) is 4.45. The van der Waals surface area contributed by atoms with Gasteiger partial charge in [0.1, 0.15) is 0 Å². The van der Waals surface area contributed by atoms with E-state index in [1.807, 2.05) is 0 Å². The fourth-order valence-corrected chi connectivity index (χ4v) is 4.04. The predicted molar refractivity (Wildman–Crippen MR) is 91.2 cm³/mol. The molecule has 1 saturated carbocycles. The molecule has 0 unspecified atom stereocenters. The maximum Gasteiger partial charge on any atom is 0.416 e. The highest BCUT2D eigenvalue weighted by Crippen LogP contribution is 2.48. The van der Waals surface area contributed by atoms with Crippen molar-refractivity contribution in [1.29, 1.82) is 0 Å². The van der Waals surface area contributed by atoms with Crippen LogP contribution in [0.1, 0.15) is 24.8 Å². The Morgan fingerprint density at radius 2 is 2.08 bits per heavy atom. The van der Waals surface area contributed by atoms with E-state index in [1.54, 1.807) is 4.90 Å².